The molecule has 2 aromatic carbocycles. The lowest BCUT2D eigenvalue weighted by atomic mass is 10.1. The van der Waals surface area contributed by atoms with Crippen LogP contribution in [0.5, 0.6) is 0 Å². The fourth-order valence-electron chi connectivity index (χ4n) is 4.17. The summed E-state index contributed by atoms with van der Waals surface area (Å²) in [5, 5.41) is 11.3. The van der Waals surface area contributed by atoms with Gasteiger partial charge in [0.05, 0.1) is 0 Å². The van der Waals surface area contributed by atoms with Gasteiger partial charge >= 0.3 is 0 Å². The second-order valence-electron chi connectivity index (χ2n) is 9.19. The molecule has 4 aromatic rings. The monoisotopic (exact) mass is 534 g/mol. The molecule has 8 bridgehead atoms. The summed E-state index contributed by atoms with van der Waals surface area (Å²) in [4.78, 5) is 59.5. The van der Waals surface area contributed by atoms with E-state index in [1.165, 1.54) is 0 Å². The lowest BCUT2D eigenvalue weighted by Gasteiger charge is -2.11. The van der Waals surface area contributed by atoms with E-state index in [0.717, 1.165) is 22.3 Å². The number of benzene rings is 2. The molecule has 0 atom stereocenters. The van der Waals surface area contributed by atoms with Crippen LogP contribution in [0, 0.1) is 0 Å². The van der Waals surface area contributed by atoms with Gasteiger partial charge in [0, 0.05) is 26.2 Å². The van der Waals surface area contributed by atoms with Crippen LogP contribution in [0.25, 0.3) is 0 Å². The zero-order chi connectivity index (χ0) is 27.9. The minimum Gasteiger partial charge on any atom is -0.347 e. The van der Waals surface area contributed by atoms with Crippen molar-refractivity contribution in [3.63, 3.8) is 0 Å². The predicted molar refractivity (Wildman–Crippen MR) is 146 cm³/mol. The van der Waals surface area contributed by atoms with Gasteiger partial charge in [0.2, 0.25) is 0 Å². The molecule has 10 nitrogen and oxygen atoms in total. The first-order valence-corrected chi connectivity index (χ1v) is 12.7. The third-order valence-electron chi connectivity index (χ3n) is 6.22. The minimum atomic E-state index is -0.413. The van der Waals surface area contributed by atoms with E-state index in [-0.39, 0.29) is 49.0 Å². The van der Waals surface area contributed by atoms with Crippen molar-refractivity contribution in [1.29, 1.82) is 0 Å². The number of carbonyl (C=O) groups excluding carboxylic acids is 4. The molecule has 0 fully saturated rings. The second-order valence-corrected chi connectivity index (χ2v) is 9.19. The van der Waals surface area contributed by atoms with Crippen LogP contribution in [0.15, 0.2) is 84.9 Å². The van der Waals surface area contributed by atoms with Crippen LogP contribution in [0.1, 0.15) is 64.2 Å². The summed E-state index contributed by atoms with van der Waals surface area (Å²) in [6, 6.07) is 24.2. The smallest absolute Gasteiger partial charge is 0.270 e. The number of amides is 4. The molecule has 0 saturated heterocycles. The quantitative estimate of drug-likeness (QED) is 0.273. The van der Waals surface area contributed by atoms with Crippen LogP contribution in [0.2, 0.25) is 0 Å². The Morgan fingerprint density at radius 1 is 0.400 bits per heavy atom. The van der Waals surface area contributed by atoms with Gasteiger partial charge in [-0.15, -0.1) is 0 Å². The summed E-state index contributed by atoms with van der Waals surface area (Å²) >= 11 is 0. The molecule has 4 amide bonds. The predicted octanol–water partition coefficient (Wildman–Crippen LogP) is 2.51. The molecule has 200 valence electrons. The lowest BCUT2D eigenvalue weighted by molar-refractivity contribution is 0.0926. The van der Waals surface area contributed by atoms with Gasteiger partial charge in [0.15, 0.2) is 0 Å². The van der Waals surface area contributed by atoms with Gasteiger partial charge < -0.3 is 21.3 Å². The number of hydrogen-bond donors (Lipinski definition) is 4. The molecular formula is C30H26N6O4. The third-order valence-corrected chi connectivity index (χ3v) is 6.22. The van der Waals surface area contributed by atoms with Crippen LogP contribution in [0.4, 0.5) is 0 Å². The molecule has 10 heteroatoms. The zero-order valence-corrected chi connectivity index (χ0v) is 21.4. The highest BCUT2D eigenvalue weighted by molar-refractivity contribution is 5.97. The van der Waals surface area contributed by atoms with Crippen LogP contribution in [-0.4, -0.2) is 33.6 Å². The second kappa shape index (κ2) is 12.0. The summed E-state index contributed by atoms with van der Waals surface area (Å²) in [7, 11) is 0. The Morgan fingerprint density at radius 3 is 0.925 bits per heavy atom. The molecule has 2 aromatic heterocycles. The summed E-state index contributed by atoms with van der Waals surface area (Å²) < 4.78 is 0. The van der Waals surface area contributed by atoms with E-state index in [2.05, 4.69) is 31.2 Å². The van der Waals surface area contributed by atoms with Crippen molar-refractivity contribution in [1.82, 2.24) is 31.2 Å². The average Bonchev–Trinajstić information content (AvgIpc) is 3.00. The Labute approximate surface area is 230 Å². The van der Waals surface area contributed by atoms with Crippen molar-refractivity contribution >= 4 is 23.6 Å². The van der Waals surface area contributed by atoms with Crippen molar-refractivity contribution in [2.75, 3.05) is 0 Å². The van der Waals surface area contributed by atoms with Crippen LogP contribution in [0.3, 0.4) is 0 Å². The van der Waals surface area contributed by atoms with E-state index in [1.54, 1.807) is 36.4 Å². The number of rotatable bonds is 0. The highest BCUT2D eigenvalue weighted by atomic mass is 16.2. The Hall–Kier alpha value is -5.38. The summed E-state index contributed by atoms with van der Waals surface area (Å²) in [6.07, 6.45) is 0. The van der Waals surface area contributed by atoms with E-state index in [1.807, 2.05) is 48.5 Å². The number of pyridine rings is 2. The average molecular weight is 535 g/mol. The van der Waals surface area contributed by atoms with E-state index in [9.17, 15) is 19.2 Å². The molecule has 0 unspecified atom stereocenters. The zero-order valence-electron chi connectivity index (χ0n) is 21.4. The standard InChI is InChI=1S/C30H26N6O4/c37-27-23-9-3-11-25(35-23)29(39)33-17-21-7-2-8-22(14-21)18-34-30(40)26-12-4-10-24(36-26)28(38)32-16-20-6-1-5-19(13-20)15-31-27/h1-14H,15-18H2,(H,31,37)(H,32,38)(H,33,39)(H,34,40). The minimum absolute atomic E-state index is 0.123. The van der Waals surface area contributed by atoms with Gasteiger partial charge in [-0.1, -0.05) is 60.7 Å². The normalized spacial score (nSPS) is 14.6. The topological polar surface area (TPSA) is 142 Å². The van der Waals surface area contributed by atoms with Gasteiger partial charge in [0.1, 0.15) is 22.8 Å². The first-order chi connectivity index (χ1) is 19.4. The largest absolute Gasteiger partial charge is 0.347 e. The maximum Gasteiger partial charge on any atom is 0.270 e. The van der Waals surface area contributed by atoms with Gasteiger partial charge in [-0.3, -0.25) is 19.2 Å². The van der Waals surface area contributed by atoms with Gasteiger partial charge in [0.25, 0.3) is 23.6 Å². The Bertz CT molecular complexity index is 1380. The molecule has 40 heavy (non-hydrogen) atoms. The van der Waals surface area contributed by atoms with Crippen molar-refractivity contribution < 1.29 is 19.2 Å². The van der Waals surface area contributed by atoms with Crippen LogP contribution < -0.4 is 21.3 Å². The van der Waals surface area contributed by atoms with Crippen molar-refractivity contribution in [3.8, 4) is 0 Å². The molecular weight excluding hydrogens is 508 g/mol. The van der Waals surface area contributed by atoms with Gasteiger partial charge in [-0.05, 0) is 46.5 Å². The summed E-state index contributed by atoms with van der Waals surface area (Å²) in [6.45, 7) is 0.920. The highest BCUT2D eigenvalue weighted by Crippen LogP contribution is 2.09. The van der Waals surface area contributed by atoms with Crippen molar-refractivity contribution in [2.24, 2.45) is 0 Å². The maximum absolute atomic E-state index is 12.8. The molecule has 1 aliphatic heterocycles. The SMILES string of the molecule is O=C1NCc2cccc(c2)CNC(=O)c2cccc(n2)C(=O)NCc2cccc(c2)CNC(=O)c2cccc1n2. The van der Waals surface area contributed by atoms with E-state index in [0.29, 0.717) is 0 Å². The highest BCUT2D eigenvalue weighted by Gasteiger charge is 2.15. The van der Waals surface area contributed by atoms with E-state index >= 15 is 0 Å². The Morgan fingerprint density at radius 2 is 0.650 bits per heavy atom. The number of hydrogen-bond acceptors (Lipinski definition) is 6. The number of aromatic nitrogens is 2. The van der Waals surface area contributed by atoms with Crippen LogP contribution in [-0.2, 0) is 26.2 Å². The lowest BCUT2D eigenvalue weighted by Crippen LogP contribution is -2.28. The third kappa shape index (κ3) is 6.54. The number of fused-ring (bicyclic) bond motifs is 8. The molecule has 0 spiro atoms. The number of nitrogens with one attached hydrogen (secondary N) is 4. The Kier molecular flexibility index (Phi) is 7.87. The number of nitrogens with zero attached hydrogens (tertiary/aromatic N) is 2. The molecule has 0 radical (unpaired) electrons. The molecule has 0 saturated carbocycles. The molecule has 5 rings (SSSR count). The van der Waals surface area contributed by atoms with Gasteiger partial charge in [-0.25, -0.2) is 9.97 Å². The molecule has 1 aliphatic rings. The fourth-order valence-corrected chi connectivity index (χ4v) is 4.17. The summed E-state index contributed by atoms with van der Waals surface area (Å²) in [5.74, 6) is -1.65. The van der Waals surface area contributed by atoms with Gasteiger partial charge in [-0.2, -0.15) is 0 Å². The number of carbonyl (C=O) groups is 4. The summed E-state index contributed by atoms with van der Waals surface area (Å²) in [5.41, 5.74) is 3.78. The first-order valence-electron chi connectivity index (χ1n) is 12.7. The van der Waals surface area contributed by atoms with E-state index < -0.39 is 23.6 Å². The fraction of sp³-hybridized carbons (Fsp3) is 0.133. The molecule has 4 N–H and O–H groups in total. The maximum atomic E-state index is 12.8. The Balaban J connectivity index is 1.40. The van der Waals surface area contributed by atoms with Crippen molar-refractivity contribution in [2.45, 2.75) is 26.2 Å². The van der Waals surface area contributed by atoms with Crippen LogP contribution >= 0.6 is 0 Å². The first kappa shape index (κ1) is 26.2. The van der Waals surface area contributed by atoms with E-state index in [4.69, 9.17) is 0 Å². The van der Waals surface area contributed by atoms with Crippen molar-refractivity contribution in [3.05, 3.63) is 130 Å². The molecule has 0 aliphatic carbocycles. The molecule has 3 heterocycles.